The van der Waals surface area contributed by atoms with Crippen molar-refractivity contribution < 1.29 is 14.3 Å². The Morgan fingerprint density at radius 1 is 1.29 bits per heavy atom. The van der Waals surface area contributed by atoms with Crippen LogP contribution in [0.1, 0.15) is 30.9 Å². The Morgan fingerprint density at radius 3 is 2.89 bits per heavy atom. The minimum atomic E-state index is -0.586. The van der Waals surface area contributed by atoms with Gasteiger partial charge in [-0.05, 0) is 37.0 Å². The zero-order valence-electron chi connectivity index (χ0n) is 14.5. The van der Waals surface area contributed by atoms with Crippen LogP contribution in [0.15, 0.2) is 45.6 Å². The minimum absolute atomic E-state index is 0.0399. The normalized spacial score (nSPS) is 29.6. The maximum atomic E-state index is 13.5. The van der Waals surface area contributed by atoms with E-state index in [4.69, 9.17) is 16.3 Å². The second-order valence-electron chi connectivity index (χ2n) is 7.13. The minimum Gasteiger partial charge on any atom is -0.483 e. The monoisotopic (exact) mass is 479 g/mol. The van der Waals surface area contributed by atoms with Crippen LogP contribution in [-0.2, 0) is 14.3 Å². The van der Waals surface area contributed by atoms with E-state index in [0.717, 1.165) is 16.5 Å². The summed E-state index contributed by atoms with van der Waals surface area (Å²) in [5.74, 6) is -0.537. The van der Waals surface area contributed by atoms with E-state index in [-0.39, 0.29) is 34.8 Å². The van der Waals surface area contributed by atoms with Crippen LogP contribution in [0.3, 0.4) is 0 Å². The summed E-state index contributed by atoms with van der Waals surface area (Å²) in [6.45, 7) is 0. The van der Waals surface area contributed by atoms with Gasteiger partial charge in [-0.1, -0.05) is 39.4 Å². The van der Waals surface area contributed by atoms with Crippen molar-refractivity contribution in [3.63, 3.8) is 0 Å². The third-order valence-electron chi connectivity index (χ3n) is 5.50. The number of Topliss-reactive ketones (excluding diaryl/α,β-unsaturated/α-hetero) is 1. The highest BCUT2D eigenvalue weighted by Crippen LogP contribution is 2.49. The lowest BCUT2D eigenvalue weighted by molar-refractivity contribution is -0.131. The topological polar surface area (TPSA) is 72.4 Å². The van der Waals surface area contributed by atoms with Gasteiger partial charge < -0.3 is 4.74 Å². The summed E-state index contributed by atoms with van der Waals surface area (Å²) in [4.78, 5) is 28.3. The molecular formula is C19H15BrClN3O3S. The smallest absolute Gasteiger partial charge is 0.296 e. The van der Waals surface area contributed by atoms with Gasteiger partial charge in [0, 0.05) is 9.85 Å². The van der Waals surface area contributed by atoms with Gasteiger partial charge in [-0.2, -0.15) is 0 Å². The molecule has 1 aromatic heterocycles. The van der Waals surface area contributed by atoms with Gasteiger partial charge in [-0.3, -0.25) is 14.5 Å². The highest BCUT2D eigenvalue weighted by atomic mass is 79.9. The Balaban J connectivity index is 1.65. The van der Waals surface area contributed by atoms with Gasteiger partial charge in [-0.25, -0.2) is 0 Å². The summed E-state index contributed by atoms with van der Waals surface area (Å²) in [7, 11) is 0. The highest BCUT2D eigenvalue weighted by molar-refractivity contribution is 9.10. The van der Waals surface area contributed by atoms with Gasteiger partial charge in [0.25, 0.3) is 5.91 Å². The Hall–Kier alpha value is -1.77. The summed E-state index contributed by atoms with van der Waals surface area (Å²) in [6.07, 6.45) is 1.74. The first-order valence-electron chi connectivity index (χ1n) is 8.99. The molecule has 1 fully saturated rings. The number of hydrogen-bond acceptors (Lipinski definition) is 6. The number of anilines is 1. The number of halogens is 2. The van der Waals surface area contributed by atoms with Crippen molar-refractivity contribution in [3.8, 4) is 0 Å². The van der Waals surface area contributed by atoms with Crippen molar-refractivity contribution in [2.45, 2.75) is 36.8 Å². The molecule has 9 heteroatoms. The molecule has 2 aliphatic heterocycles. The average molecular weight is 481 g/mol. The van der Waals surface area contributed by atoms with Gasteiger partial charge in [-0.15, -0.1) is 21.8 Å². The average Bonchev–Trinajstić information content (AvgIpc) is 3.29. The van der Waals surface area contributed by atoms with Crippen molar-refractivity contribution in [1.82, 2.24) is 10.2 Å². The van der Waals surface area contributed by atoms with E-state index >= 15 is 0 Å². The van der Waals surface area contributed by atoms with E-state index in [1.165, 1.54) is 16.2 Å². The fourth-order valence-corrected chi connectivity index (χ4v) is 5.60. The third-order valence-corrected chi connectivity index (χ3v) is 7.08. The molecule has 1 aromatic carbocycles. The van der Waals surface area contributed by atoms with E-state index in [1.807, 2.05) is 24.3 Å². The molecule has 0 N–H and O–H groups in total. The summed E-state index contributed by atoms with van der Waals surface area (Å²) in [6, 6.07) is 7.01. The number of aromatic nitrogens is 2. The summed E-state index contributed by atoms with van der Waals surface area (Å²) >= 11 is 11.1. The molecule has 5 rings (SSSR count). The number of benzene rings is 1. The van der Waals surface area contributed by atoms with Crippen LogP contribution in [0.4, 0.5) is 5.13 Å². The van der Waals surface area contributed by atoms with Crippen molar-refractivity contribution in [3.05, 3.63) is 51.1 Å². The lowest BCUT2D eigenvalue weighted by Gasteiger charge is -2.37. The predicted octanol–water partition coefficient (Wildman–Crippen LogP) is 4.02. The van der Waals surface area contributed by atoms with Crippen LogP contribution in [0.5, 0.6) is 0 Å². The number of nitrogens with zero attached hydrogens (tertiary/aromatic N) is 3. The zero-order chi connectivity index (χ0) is 19.4. The molecular weight excluding hydrogens is 466 g/mol. The van der Waals surface area contributed by atoms with E-state index in [2.05, 4.69) is 26.1 Å². The Kier molecular flexibility index (Phi) is 4.52. The second kappa shape index (κ2) is 6.93. The Bertz CT molecular complexity index is 996. The van der Waals surface area contributed by atoms with E-state index < -0.39 is 6.04 Å². The molecule has 3 heterocycles. The van der Waals surface area contributed by atoms with E-state index in [1.54, 1.807) is 5.51 Å². The summed E-state index contributed by atoms with van der Waals surface area (Å²) in [5.41, 5.74) is 2.79. The van der Waals surface area contributed by atoms with Crippen LogP contribution < -0.4 is 4.90 Å². The first kappa shape index (κ1) is 18.3. The Labute approximate surface area is 178 Å². The molecule has 2 aromatic rings. The number of carbonyl (C=O) groups is 2. The molecule has 1 aliphatic carbocycles. The number of hydrogen-bond donors (Lipinski definition) is 0. The quantitative estimate of drug-likeness (QED) is 0.607. The van der Waals surface area contributed by atoms with E-state index in [9.17, 15) is 9.59 Å². The maximum absolute atomic E-state index is 13.5. The van der Waals surface area contributed by atoms with Gasteiger partial charge in [0.15, 0.2) is 11.5 Å². The van der Waals surface area contributed by atoms with Crippen molar-refractivity contribution in [2.75, 3.05) is 4.90 Å². The van der Waals surface area contributed by atoms with Crippen molar-refractivity contribution in [1.29, 1.82) is 0 Å². The molecule has 0 saturated heterocycles. The maximum Gasteiger partial charge on any atom is 0.296 e. The SMILES string of the molecule is O=C1C2=C(OC3CCC(Cl)CC13)C(=O)N(c1nncs1)C2c1cccc(Br)c1. The van der Waals surface area contributed by atoms with Crippen LogP contribution in [0.25, 0.3) is 0 Å². The van der Waals surface area contributed by atoms with Crippen LogP contribution in [-0.4, -0.2) is 33.4 Å². The summed E-state index contributed by atoms with van der Waals surface area (Å²) in [5, 5.41) is 8.35. The molecule has 4 atom stereocenters. The largest absolute Gasteiger partial charge is 0.483 e. The van der Waals surface area contributed by atoms with Crippen molar-refractivity contribution in [2.24, 2.45) is 5.92 Å². The first-order valence-corrected chi connectivity index (χ1v) is 11.1. The molecule has 6 nitrogen and oxygen atoms in total. The molecule has 1 amide bonds. The second-order valence-corrected chi connectivity index (χ2v) is 9.48. The number of carbonyl (C=O) groups excluding carboxylic acids is 2. The number of alkyl halides is 1. The van der Waals surface area contributed by atoms with Gasteiger partial charge in [0.05, 0.1) is 17.5 Å². The number of ketones is 1. The molecule has 0 radical (unpaired) electrons. The van der Waals surface area contributed by atoms with E-state index in [0.29, 0.717) is 23.5 Å². The number of ether oxygens (including phenoxy) is 1. The lowest BCUT2D eigenvalue weighted by Crippen LogP contribution is -2.41. The lowest BCUT2D eigenvalue weighted by atomic mass is 9.77. The molecule has 3 aliphatic rings. The predicted molar refractivity (Wildman–Crippen MR) is 108 cm³/mol. The molecule has 144 valence electrons. The number of rotatable bonds is 2. The molecule has 1 saturated carbocycles. The first-order chi connectivity index (χ1) is 13.5. The standard InChI is InChI=1S/C19H15BrClN3O3S/c20-10-3-1-2-9(6-10)15-14-16(25)12-7-11(21)4-5-13(12)27-17(14)18(26)24(15)19-23-22-8-28-19/h1-3,6,8,11-13,15H,4-5,7H2. The molecule has 28 heavy (non-hydrogen) atoms. The highest BCUT2D eigenvalue weighted by Gasteiger charge is 2.53. The van der Waals surface area contributed by atoms with Gasteiger partial charge in [0.2, 0.25) is 5.13 Å². The third kappa shape index (κ3) is 2.81. The molecule has 0 spiro atoms. The molecule has 0 bridgehead atoms. The number of amides is 1. The fourth-order valence-electron chi connectivity index (χ4n) is 4.28. The number of fused-ring (bicyclic) bond motifs is 1. The van der Waals surface area contributed by atoms with Crippen LogP contribution in [0.2, 0.25) is 0 Å². The molecule has 4 unspecified atom stereocenters. The van der Waals surface area contributed by atoms with Crippen LogP contribution >= 0.6 is 38.9 Å². The van der Waals surface area contributed by atoms with Gasteiger partial charge in [0.1, 0.15) is 11.6 Å². The fraction of sp³-hybridized carbons (Fsp3) is 0.368. The van der Waals surface area contributed by atoms with Gasteiger partial charge >= 0.3 is 0 Å². The Morgan fingerprint density at radius 2 is 2.14 bits per heavy atom. The zero-order valence-corrected chi connectivity index (χ0v) is 17.7. The van der Waals surface area contributed by atoms with Crippen LogP contribution in [0, 0.1) is 5.92 Å². The van der Waals surface area contributed by atoms with Crippen molar-refractivity contribution >= 4 is 55.7 Å². The summed E-state index contributed by atoms with van der Waals surface area (Å²) < 4.78 is 6.97.